The van der Waals surface area contributed by atoms with E-state index in [1.165, 1.54) is 28.6 Å². The van der Waals surface area contributed by atoms with Crippen molar-refractivity contribution in [2.24, 2.45) is 5.92 Å². The number of piperidine rings is 1. The van der Waals surface area contributed by atoms with E-state index in [0.717, 1.165) is 22.4 Å². The van der Waals surface area contributed by atoms with Crippen molar-refractivity contribution in [1.82, 2.24) is 14.3 Å². The second kappa shape index (κ2) is 9.33. The minimum absolute atomic E-state index is 0.114. The van der Waals surface area contributed by atoms with Crippen molar-refractivity contribution in [2.45, 2.75) is 17.7 Å². The summed E-state index contributed by atoms with van der Waals surface area (Å²) in [6, 6.07) is 23.2. The van der Waals surface area contributed by atoms with Crippen molar-refractivity contribution in [3.63, 3.8) is 0 Å². The molecule has 0 saturated carbocycles. The first-order valence-electron chi connectivity index (χ1n) is 11.3. The normalized spacial score (nSPS) is 15.1. The maximum atomic E-state index is 12.9. The largest absolute Gasteiger partial charge is 0.338 e. The third kappa shape index (κ3) is 4.67. The van der Waals surface area contributed by atoms with Crippen LogP contribution in [0.15, 0.2) is 77.7 Å². The second-order valence-corrected chi connectivity index (χ2v) is 10.4. The Balaban J connectivity index is 1.19. The number of para-hydroxylation sites is 2. The van der Waals surface area contributed by atoms with E-state index in [9.17, 15) is 13.2 Å². The molecule has 1 amide bonds. The van der Waals surface area contributed by atoms with Crippen molar-refractivity contribution >= 4 is 32.7 Å². The molecule has 0 atom stereocenters. The molecule has 0 aliphatic carbocycles. The number of nitrogens with zero attached hydrogens (tertiary/aromatic N) is 3. The van der Waals surface area contributed by atoms with E-state index in [4.69, 9.17) is 5.26 Å². The van der Waals surface area contributed by atoms with Gasteiger partial charge in [0.15, 0.2) is 0 Å². The summed E-state index contributed by atoms with van der Waals surface area (Å²) in [5.41, 5.74) is 3.87. The number of hydrogen-bond acceptors (Lipinski definition) is 5. The molecule has 1 saturated heterocycles. The third-order valence-corrected chi connectivity index (χ3v) is 8.17. The number of nitrogens with one attached hydrogen (secondary N) is 2. The van der Waals surface area contributed by atoms with Crippen molar-refractivity contribution < 1.29 is 13.2 Å². The van der Waals surface area contributed by atoms with Crippen LogP contribution in [0.25, 0.3) is 22.4 Å². The Hall–Kier alpha value is -4.00. The number of amides is 1. The summed E-state index contributed by atoms with van der Waals surface area (Å²) >= 11 is 0. The first-order chi connectivity index (χ1) is 16.9. The number of rotatable bonds is 5. The number of carbonyl (C=O) groups is 1. The van der Waals surface area contributed by atoms with Gasteiger partial charge in [-0.15, -0.1) is 0 Å². The average molecular weight is 486 g/mol. The van der Waals surface area contributed by atoms with Crippen LogP contribution < -0.4 is 5.32 Å². The molecule has 0 unspecified atom stereocenters. The number of benzene rings is 3. The van der Waals surface area contributed by atoms with E-state index in [-0.39, 0.29) is 29.8 Å². The second-order valence-electron chi connectivity index (χ2n) is 8.48. The predicted octanol–water partition coefficient (Wildman–Crippen LogP) is 4.14. The number of anilines is 1. The van der Waals surface area contributed by atoms with Crippen LogP contribution in [0.5, 0.6) is 0 Å². The Kier molecular flexibility index (Phi) is 6.07. The summed E-state index contributed by atoms with van der Waals surface area (Å²) in [6.07, 6.45) is 0.886. The third-order valence-electron chi connectivity index (χ3n) is 6.26. The molecular formula is C26H23N5O3S. The van der Waals surface area contributed by atoms with Crippen LogP contribution in [0.2, 0.25) is 0 Å². The molecule has 1 aliphatic heterocycles. The van der Waals surface area contributed by atoms with Gasteiger partial charge in [0, 0.05) is 30.3 Å². The Labute approximate surface area is 203 Å². The minimum atomic E-state index is -3.65. The molecule has 3 aromatic carbocycles. The molecule has 8 nitrogen and oxygen atoms in total. The number of H-pyrrole nitrogens is 1. The lowest BCUT2D eigenvalue weighted by Crippen LogP contribution is -2.41. The van der Waals surface area contributed by atoms with E-state index in [1.807, 2.05) is 54.6 Å². The highest BCUT2D eigenvalue weighted by Gasteiger charge is 2.32. The quantitative estimate of drug-likeness (QED) is 0.440. The Morgan fingerprint density at radius 2 is 1.69 bits per heavy atom. The topological polar surface area (TPSA) is 119 Å². The number of aromatic nitrogens is 2. The van der Waals surface area contributed by atoms with Gasteiger partial charge in [0.05, 0.1) is 27.6 Å². The molecule has 0 radical (unpaired) electrons. The fourth-order valence-corrected chi connectivity index (χ4v) is 5.72. The van der Waals surface area contributed by atoms with Gasteiger partial charge in [-0.25, -0.2) is 13.4 Å². The molecule has 4 aromatic rings. The molecule has 176 valence electrons. The highest BCUT2D eigenvalue weighted by atomic mass is 32.2. The molecule has 9 heteroatoms. The lowest BCUT2D eigenvalue weighted by Gasteiger charge is -2.30. The van der Waals surface area contributed by atoms with Crippen molar-refractivity contribution in [1.29, 1.82) is 5.26 Å². The predicted molar refractivity (Wildman–Crippen MR) is 133 cm³/mol. The SMILES string of the molecule is N#Cc1ccc(S(=O)(=O)N2CCC(C(=O)Nc3ccc(-c4nc5ccccc5[nH]4)cc3)CC2)cc1. The molecule has 1 aliphatic rings. The van der Waals surface area contributed by atoms with Crippen LogP contribution in [-0.4, -0.2) is 41.7 Å². The monoisotopic (exact) mass is 485 g/mol. The van der Waals surface area contributed by atoms with Crippen molar-refractivity contribution in [2.75, 3.05) is 18.4 Å². The number of nitriles is 1. The summed E-state index contributed by atoms with van der Waals surface area (Å²) < 4.78 is 27.2. The summed E-state index contributed by atoms with van der Waals surface area (Å²) in [6.45, 7) is 0.539. The van der Waals surface area contributed by atoms with Gasteiger partial charge in [-0.2, -0.15) is 9.57 Å². The maximum absolute atomic E-state index is 12.9. The number of carbonyl (C=O) groups excluding carboxylic acids is 1. The van der Waals surface area contributed by atoms with E-state index >= 15 is 0 Å². The Bertz CT molecular complexity index is 1480. The zero-order chi connectivity index (χ0) is 24.4. The molecule has 2 heterocycles. The number of fused-ring (bicyclic) bond motifs is 1. The summed E-state index contributed by atoms with van der Waals surface area (Å²) in [7, 11) is -3.65. The maximum Gasteiger partial charge on any atom is 0.243 e. The van der Waals surface area contributed by atoms with Gasteiger partial charge in [0.2, 0.25) is 15.9 Å². The molecular weight excluding hydrogens is 462 g/mol. The van der Waals surface area contributed by atoms with Gasteiger partial charge in [-0.05, 0) is 73.5 Å². The molecule has 2 N–H and O–H groups in total. The van der Waals surface area contributed by atoms with Crippen LogP contribution in [-0.2, 0) is 14.8 Å². The molecule has 5 rings (SSSR count). The minimum Gasteiger partial charge on any atom is -0.338 e. The van der Waals surface area contributed by atoms with Crippen LogP contribution >= 0.6 is 0 Å². The van der Waals surface area contributed by atoms with E-state index in [2.05, 4.69) is 15.3 Å². The van der Waals surface area contributed by atoms with Gasteiger partial charge in [-0.3, -0.25) is 4.79 Å². The number of aromatic amines is 1. The first-order valence-corrected chi connectivity index (χ1v) is 12.7. The molecule has 0 bridgehead atoms. The summed E-state index contributed by atoms with van der Waals surface area (Å²) in [4.78, 5) is 20.8. The lowest BCUT2D eigenvalue weighted by molar-refractivity contribution is -0.120. The highest BCUT2D eigenvalue weighted by molar-refractivity contribution is 7.89. The van der Waals surface area contributed by atoms with Gasteiger partial charge >= 0.3 is 0 Å². The Morgan fingerprint density at radius 3 is 2.34 bits per heavy atom. The van der Waals surface area contributed by atoms with Gasteiger partial charge in [0.1, 0.15) is 5.82 Å². The first kappa shape index (κ1) is 22.8. The van der Waals surface area contributed by atoms with E-state index in [1.54, 1.807) is 0 Å². The molecule has 35 heavy (non-hydrogen) atoms. The fraction of sp³-hybridized carbons (Fsp3) is 0.192. The van der Waals surface area contributed by atoms with E-state index in [0.29, 0.717) is 24.1 Å². The van der Waals surface area contributed by atoms with Crippen LogP contribution in [0.4, 0.5) is 5.69 Å². The summed E-state index contributed by atoms with van der Waals surface area (Å²) in [5, 5.41) is 11.9. The zero-order valence-electron chi connectivity index (χ0n) is 18.8. The average Bonchev–Trinajstić information content (AvgIpc) is 3.33. The molecule has 0 spiro atoms. The number of imidazole rings is 1. The summed E-state index contributed by atoms with van der Waals surface area (Å²) in [5.74, 6) is 0.384. The number of hydrogen-bond donors (Lipinski definition) is 2. The van der Waals surface area contributed by atoms with Gasteiger partial charge in [-0.1, -0.05) is 12.1 Å². The zero-order valence-corrected chi connectivity index (χ0v) is 19.6. The van der Waals surface area contributed by atoms with Gasteiger partial charge in [0.25, 0.3) is 0 Å². The van der Waals surface area contributed by atoms with Crippen LogP contribution in [0.3, 0.4) is 0 Å². The molecule has 1 fully saturated rings. The van der Waals surface area contributed by atoms with E-state index < -0.39 is 10.0 Å². The highest BCUT2D eigenvalue weighted by Crippen LogP contribution is 2.26. The lowest BCUT2D eigenvalue weighted by atomic mass is 9.97. The van der Waals surface area contributed by atoms with Gasteiger partial charge < -0.3 is 10.3 Å². The Morgan fingerprint density at radius 1 is 1.00 bits per heavy atom. The standard InChI is InChI=1S/C26H23N5O3S/c27-17-18-5-11-22(12-6-18)35(33,34)31-15-13-20(14-16-31)26(32)28-21-9-7-19(8-10-21)25-29-23-3-1-2-4-24(23)30-25/h1-12,20H,13-16H2,(H,28,32)(H,29,30). The van der Waals surface area contributed by atoms with Crippen molar-refractivity contribution in [3.05, 3.63) is 78.4 Å². The number of sulfonamides is 1. The fourth-order valence-electron chi connectivity index (χ4n) is 4.25. The van der Waals surface area contributed by atoms with Crippen LogP contribution in [0.1, 0.15) is 18.4 Å². The van der Waals surface area contributed by atoms with Crippen molar-refractivity contribution in [3.8, 4) is 17.5 Å². The molecule has 1 aromatic heterocycles. The smallest absolute Gasteiger partial charge is 0.243 e. The van der Waals surface area contributed by atoms with Crippen LogP contribution in [0, 0.1) is 17.2 Å².